The summed E-state index contributed by atoms with van der Waals surface area (Å²) in [6.07, 6.45) is 0.543. The van der Waals surface area contributed by atoms with Crippen LogP contribution in [0.2, 0.25) is 0 Å². The Hall–Kier alpha value is -1.14. The number of phenols is 1. The first-order chi connectivity index (χ1) is 8.71. The highest BCUT2D eigenvalue weighted by molar-refractivity contribution is 7.91. The molecule has 6 heteroatoms. The maximum atomic E-state index is 12.9. The zero-order chi connectivity index (χ0) is 14.3. The van der Waals surface area contributed by atoms with E-state index >= 15 is 0 Å². The van der Waals surface area contributed by atoms with E-state index in [4.69, 9.17) is 0 Å². The Morgan fingerprint density at radius 3 is 2.68 bits per heavy atom. The van der Waals surface area contributed by atoms with Crippen molar-refractivity contribution in [3.8, 4) is 5.75 Å². The zero-order valence-corrected chi connectivity index (χ0v) is 11.8. The van der Waals surface area contributed by atoms with Gasteiger partial charge in [-0.3, -0.25) is 0 Å². The van der Waals surface area contributed by atoms with E-state index in [1.54, 1.807) is 0 Å². The Balaban J connectivity index is 2.15. The summed E-state index contributed by atoms with van der Waals surface area (Å²) in [5, 5.41) is 12.9. The molecule has 1 heterocycles. The lowest BCUT2D eigenvalue weighted by Crippen LogP contribution is -2.44. The van der Waals surface area contributed by atoms with Gasteiger partial charge in [0.05, 0.1) is 11.5 Å². The Morgan fingerprint density at radius 2 is 2.16 bits per heavy atom. The van der Waals surface area contributed by atoms with Gasteiger partial charge in [0.15, 0.2) is 9.84 Å². The van der Waals surface area contributed by atoms with Crippen LogP contribution in [0.15, 0.2) is 18.2 Å². The Kier molecular flexibility index (Phi) is 3.57. The van der Waals surface area contributed by atoms with Gasteiger partial charge in [-0.1, -0.05) is 6.07 Å². The highest BCUT2D eigenvalue weighted by Gasteiger charge is 2.39. The van der Waals surface area contributed by atoms with Crippen LogP contribution >= 0.6 is 0 Å². The molecule has 19 heavy (non-hydrogen) atoms. The van der Waals surface area contributed by atoms with E-state index in [1.807, 2.05) is 13.8 Å². The summed E-state index contributed by atoms with van der Waals surface area (Å²) in [5.41, 5.74) is 0.0610. The number of halogens is 1. The van der Waals surface area contributed by atoms with Crippen LogP contribution in [0.25, 0.3) is 0 Å². The second-order valence-corrected chi connectivity index (χ2v) is 7.66. The molecule has 0 aromatic heterocycles. The van der Waals surface area contributed by atoms with Crippen LogP contribution in [0.3, 0.4) is 0 Å². The molecule has 1 fully saturated rings. The van der Waals surface area contributed by atoms with Crippen molar-refractivity contribution in [1.29, 1.82) is 0 Å². The average molecular weight is 287 g/mol. The van der Waals surface area contributed by atoms with Gasteiger partial charge in [-0.15, -0.1) is 0 Å². The van der Waals surface area contributed by atoms with Gasteiger partial charge >= 0.3 is 0 Å². The quantitative estimate of drug-likeness (QED) is 0.889. The minimum Gasteiger partial charge on any atom is -0.508 e. The molecule has 2 unspecified atom stereocenters. The first-order valence-corrected chi connectivity index (χ1v) is 7.99. The molecule has 0 aliphatic carbocycles. The lowest BCUT2D eigenvalue weighted by atomic mass is 9.98. The van der Waals surface area contributed by atoms with Crippen molar-refractivity contribution in [1.82, 2.24) is 5.32 Å². The maximum absolute atomic E-state index is 12.9. The van der Waals surface area contributed by atoms with Crippen molar-refractivity contribution < 1.29 is 17.9 Å². The van der Waals surface area contributed by atoms with E-state index in [9.17, 15) is 17.9 Å². The van der Waals surface area contributed by atoms with Gasteiger partial charge in [-0.25, -0.2) is 12.8 Å². The molecule has 1 aliphatic heterocycles. The molecule has 0 bridgehead atoms. The summed E-state index contributed by atoms with van der Waals surface area (Å²) in [6.45, 7) is 3.68. The fraction of sp³-hybridized carbons (Fsp3) is 0.538. The van der Waals surface area contributed by atoms with E-state index in [1.165, 1.54) is 12.1 Å². The van der Waals surface area contributed by atoms with Crippen LogP contribution in [-0.2, 0) is 9.84 Å². The van der Waals surface area contributed by atoms with Crippen molar-refractivity contribution in [2.75, 3.05) is 11.5 Å². The third-order valence-electron chi connectivity index (χ3n) is 3.53. The molecular weight excluding hydrogens is 269 g/mol. The van der Waals surface area contributed by atoms with Gasteiger partial charge in [0.1, 0.15) is 11.6 Å². The molecular formula is C13H18FNO3S. The molecule has 0 amide bonds. The predicted octanol–water partition coefficient (Wildman–Crippen LogP) is 1.76. The average Bonchev–Trinajstić information content (AvgIpc) is 2.52. The summed E-state index contributed by atoms with van der Waals surface area (Å²) in [4.78, 5) is 0. The highest BCUT2D eigenvalue weighted by atomic mass is 32.2. The normalized spacial score (nSPS) is 27.3. The van der Waals surface area contributed by atoms with Gasteiger partial charge in [0.2, 0.25) is 0 Å². The summed E-state index contributed by atoms with van der Waals surface area (Å²) in [6, 6.07) is 3.59. The fourth-order valence-electron chi connectivity index (χ4n) is 2.61. The molecule has 2 atom stereocenters. The lowest BCUT2D eigenvalue weighted by molar-refractivity contribution is 0.347. The van der Waals surface area contributed by atoms with Crippen molar-refractivity contribution in [2.24, 2.45) is 0 Å². The largest absolute Gasteiger partial charge is 0.508 e. The summed E-state index contributed by atoms with van der Waals surface area (Å²) >= 11 is 0. The van der Waals surface area contributed by atoms with E-state index in [2.05, 4.69) is 5.32 Å². The minimum atomic E-state index is -2.98. The first kappa shape index (κ1) is 14.3. The molecule has 0 radical (unpaired) electrons. The Morgan fingerprint density at radius 1 is 1.47 bits per heavy atom. The summed E-state index contributed by atoms with van der Waals surface area (Å²) in [5.74, 6) is -0.349. The van der Waals surface area contributed by atoms with Crippen molar-refractivity contribution >= 4 is 9.84 Å². The zero-order valence-electron chi connectivity index (χ0n) is 11.0. The molecule has 1 aromatic carbocycles. The Labute approximate surface area is 112 Å². The van der Waals surface area contributed by atoms with Crippen LogP contribution < -0.4 is 5.32 Å². The van der Waals surface area contributed by atoms with E-state index in [-0.39, 0.29) is 23.3 Å². The minimum absolute atomic E-state index is 0.0896. The van der Waals surface area contributed by atoms with E-state index in [0.717, 1.165) is 6.07 Å². The van der Waals surface area contributed by atoms with Crippen LogP contribution in [0.4, 0.5) is 4.39 Å². The number of nitrogens with one attached hydrogen (secondary N) is 1. The second kappa shape index (κ2) is 4.76. The van der Waals surface area contributed by atoms with Crippen molar-refractivity contribution in [2.45, 2.75) is 31.8 Å². The lowest BCUT2D eigenvalue weighted by Gasteiger charge is -2.29. The third kappa shape index (κ3) is 3.25. The first-order valence-electron chi connectivity index (χ1n) is 6.17. The number of benzene rings is 1. The third-order valence-corrected chi connectivity index (χ3v) is 5.43. The van der Waals surface area contributed by atoms with Crippen LogP contribution in [0.1, 0.15) is 31.9 Å². The molecule has 2 N–H and O–H groups in total. The topological polar surface area (TPSA) is 66.4 Å². The molecule has 0 spiro atoms. The van der Waals surface area contributed by atoms with Gasteiger partial charge in [-0.05, 0) is 26.3 Å². The van der Waals surface area contributed by atoms with Crippen molar-refractivity contribution in [3.05, 3.63) is 29.6 Å². The molecule has 2 rings (SSSR count). The summed E-state index contributed by atoms with van der Waals surface area (Å²) < 4.78 is 36.0. The predicted molar refractivity (Wildman–Crippen MR) is 71.3 cm³/mol. The standard InChI is InChI=1S/C13H18FNO3S/c1-9(11-4-3-10(14)7-12(11)16)15-13(2)5-6-19(17,18)8-13/h3-4,7,9,15-16H,5-6,8H2,1-2H3. The number of aromatic hydroxyl groups is 1. The van der Waals surface area contributed by atoms with Crippen LogP contribution in [0.5, 0.6) is 5.75 Å². The van der Waals surface area contributed by atoms with E-state index < -0.39 is 21.2 Å². The highest BCUT2D eigenvalue weighted by Crippen LogP contribution is 2.30. The maximum Gasteiger partial charge on any atom is 0.152 e. The van der Waals surface area contributed by atoms with Crippen LogP contribution in [-0.4, -0.2) is 30.6 Å². The van der Waals surface area contributed by atoms with Gasteiger partial charge < -0.3 is 10.4 Å². The van der Waals surface area contributed by atoms with E-state index in [0.29, 0.717) is 12.0 Å². The molecule has 1 aromatic rings. The molecule has 4 nitrogen and oxygen atoms in total. The number of phenolic OH excluding ortho intramolecular Hbond substituents is 1. The number of hydrogen-bond acceptors (Lipinski definition) is 4. The molecule has 1 aliphatic rings. The fourth-order valence-corrected chi connectivity index (χ4v) is 4.71. The van der Waals surface area contributed by atoms with Gasteiger partial charge in [0, 0.05) is 23.2 Å². The smallest absolute Gasteiger partial charge is 0.152 e. The van der Waals surface area contributed by atoms with Gasteiger partial charge in [0.25, 0.3) is 0 Å². The molecule has 106 valence electrons. The monoisotopic (exact) mass is 287 g/mol. The molecule has 1 saturated heterocycles. The van der Waals surface area contributed by atoms with Crippen molar-refractivity contribution in [3.63, 3.8) is 0 Å². The number of sulfone groups is 1. The summed E-state index contributed by atoms with van der Waals surface area (Å²) in [7, 11) is -2.98. The van der Waals surface area contributed by atoms with Crippen LogP contribution in [0, 0.1) is 5.82 Å². The van der Waals surface area contributed by atoms with Gasteiger partial charge in [-0.2, -0.15) is 0 Å². The molecule has 0 saturated carbocycles. The number of rotatable bonds is 3. The number of hydrogen-bond donors (Lipinski definition) is 2. The second-order valence-electron chi connectivity index (χ2n) is 5.47. The Bertz CT molecular complexity index is 588. The SMILES string of the molecule is CC(NC1(C)CCS(=O)(=O)C1)c1ccc(F)cc1O.